The van der Waals surface area contributed by atoms with E-state index >= 15 is 0 Å². The Balaban J connectivity index is 3.26. The van der Waals surface area contributed by atoms with E-state index in [1.54, 1.807) is 31.2 Å². The molecule has 0 aliphatic carbocycles. The van der Waals surface area contributed by atoms with E-state index in [1.165, 1.54) is 0 Å². The number of carbonyl (C=O) groups is 1. The van der Waals surface area contributed by atoms with Crippen molar-refractivity contribution >= 4 is 17.7 Å². The van der Waals surface area contributed by atoms with Gasteiger partial charge in [-0.15, -0.1) is 0 Å². The lowest BCUT2D eigenvalue weighted by Crippen LogP contribution is -2.49. The van der Waals surface area contributed by atoms with Crippen LogP contribution in [-0.4, -0.2) is 27.8 Å². The van der Waals surface area contributed by atoms with Crippen molar-refractivity contribution in [1.29, 1.82) is 0 Å². The van der Waals surface area contributed by atoms with Gasteiger partial charge in [-0.2, -0.15) is 0 Å². The maximum Gasteiger partial charge on any atom is 0.409 e. The predicted molar refractivity (Wildman–Crippen MR) is 70.7 cm³/mol. The number of carboxylic acid groups (broad SMARTS) is 1. The highest BCUT2D eigenvalue weighted by molar-refractivity contribution is 6.31. The first-order valence-corrected chi connectivity index (χ1v) is 6.33. The fraction of sp³-hybridized carbons (Fsp3) is 0.462. The van der Waals surface area contributed by atoms with Gasteiger partial charge in [0.05, 0.1) is 0 Å². The molecular weight excluding hydrogens is 254 g/mol. The van der Waals surface area contributed by atoms with Crippen LogP contribution < -0.4 is 0 Å². The smallest absolute Gasteiger partial charge is 0.409 e. The minimum atomic E-state index is -1.58. The first-order chi connectivity index (χ1) is 8.47. The number of rotatable bonds is 5. The van der Waals surface area contributed by atoms with E-state index in [4.69, 9.17) is 11.6 Å². The summed E-state index contributed by atoms with van der Waals surface area (Å²) < 4.78 is 0. The van der Waals surface area contributed by atoms with Gasteiger partial charge in [-0.05, 0) is 18.9 Å². The van der Waals surface area contributed by atoms with Crippen molar-refractivity contribution in [1.82, 2.24) is 4.90 Å². The van der Waals surface area contributed by atoms with Crippen LogP contribution in [0.4, 0.5) is 4.79 Å². The molecule has 0 saturated heterocycles. The van der Waals surface area contributed by atoms with E-state index in [9.17, 15) is 15.0 Å². The summed E-state index contributed by atoms with van der Waals surface area (Å²) in [6.07, 6.45) is -0.289. The second kappa shape index (κ2) is 6.07. The Morgan fingerprint density at radius 3 is 2.44 bits per heavy atom. The first kappa shape index (κ1) is 14.8. The van der Waals surface area contributed by atoms with Gasteiger partial charge in [-0.25, -0.2) is 4.79 Å². The number of halogens is 1. The number of amides is 1. The highest BCUT2D eigenvalue weighted by atomic mass is 35.5. The van der Waals surface area contributed by atoms with E-state index < -0.39 is 11.8 Å². The Morgan fingerprint density at radius 2 is 2.00 bits per heavy atom. The molecule has 0 heterocycles. The van der Waals surface area contributed by atoms with Crippen molar-refractivity contribution < 1.29 is 15.0 Å². The summed E-state index contributed by atoms with van der Waals surface area (Å²) >= 11 is 6.06. The minimum absolute atomic E-state index is 0.239. The van der Waals surface area contributed by atoms with Gasteiger partial charge in [-0.1, -0.05) is 43.6 Å². The minimum Gasteiger partial charge on any atom is -0.465 e. The van der Waals surface area contributed by atoms with E-state index in [-0.39, 0.29) is 13.0 Å². The monoisotopic (exact) mass is 271 g/mol. The quantitative estimate of drug-likeness (QED) is 0.808. The zero-order chi connectivity index (χ0) is 13.8. The van der Waals surface area contributed by atoms with Crippen LogP contribution in [0.1, 0.15) is 32.3 Å². The molecule has 0 fully saturated rings. The summed E-state index contributed by atoms with van der Waals surface area (Å²) in [6, 6.07) is 6.77. The largest absolute Gasteiger partial charge is 0.465 e. The van der Waals surface area contributed by atoms with Gasteiger partial charge in [0.15, 0.2) is 5.72 Å². The SMILES string of the molecule is CCCN(C(=O)O)C(O)(CC)c1ccccc1Cl. The third-order valence-corrected chi connectivity index (χ3v) is 3.25. The van der Waals surface area contributed by atoms with Crippen molar-refractivity contribution in [2.45, 2.75) is 32.4 Å². The summed E-state index contributed by atoms with van der Waals surface area (Å²) in [5.41, 5.74) is -1.16. The molecule has 1 unspecified atom stereocenters. The molecule has 0 aliphatic rings. The third kappa shape index (κ3) is 2.76. The van der Waals surface area contributed by atoms with Crippen molar-refractivity contribution in [3.8, 4) is 0 Å². The maximum atomic E-state index is 11.3. The maximum absolute atomic E-state index is 11.3. The molecule has 0 radical (unpaired) electrons. The molecule has 1 aromatic carbocycles. The molecule has 4 nitrogen and oxygen atoms in total. The molecule has 0 aromatic heterocycles. The first-order valence-electron chi connectivity index (χ1n) is 5.95. The van der Waals surface area contributed by atoms with Gasteiger partial charge in [0, 0.05) is 17.1 Å². The highest BCUT2D eigenvalue weighted by Crippen LogP contribution is 2.34. The summed E-state index contributed by atoms with van der Waals surface area (Å²) in [6.45, 7) is 3.85. The van der Waals surface area contributed by atoms with Crippen LogP contribution in [0.15, 0.2) is 24.3 Å². The van der Waals surface area contributed by atoms with Crippen LogP contribution in [0.25, 0.3) is 0 Å². The zero-order valence-corrected chi connectivity index (χ0v) is 11.3. The average Bonchev–Trinajstić information content (AvgIpc) is 2.35. The van der Waals surface area contributed by atoms with Gasteiger partial charge < -0.3 is 10.2 Å². The highest BCUT2D eigenvalue weighted by Gasteiger charge is 2.38. The Bertz CT molecular complexity index is 424. The van der Waals surface area contributed by atoms with Crippen LogP contribution in [-0.2, 0) is 5.72 Å². The van der Waals surface area contributed by atoms with Crippen LogP contribution in [0.2, 0.25) is 5.02 Å². The lowest BCUT2D eigenvalue weighted by Gasteiger charge is -2.38. The Hall–Kier alpha value is -1.26. The molecule has 2 N–H and O–H groups in total. The number of benzene rings is 1. The fourth-order valence-electron chi connectivity index (χ4n) is 1.98. The average molecular weight is 272 g/mol. The van der Waals surface area contributed by atoms with Crippen molar-refractivity contribution in [3.63, 3.8) is 0 Å². The summed E-state index contributed by atoms with van der Waals surface area (Å²) in [5, 5.41) is 20.3. The van der Waals surface area contributed by atoms with Crippen LogP contribution in [0, 0.1) is 0 Å². The van der Waals surface area contributed by atoms with Crippen molar-refractivity contribution in [3.05, 3.63) is 34.9 Å². The molecular formula is C13H18ClNO3. The van der Waals surface area contributed by atoms with Crippen LogP contribution in [0.5, 0.6) is 0 Å². The number of hydrogen-bond donors (Lipinski definition) is 2. The zero-order valence-electron chi connectivity index (χ0n) is 10.6. The fourth-order valence-corrected chi connectivity index (χ4v) is 2.26. The molecule has 1 rings (SSSR count). The van der Waals surface area contributed by atoms with Gasteiger partial charge in [-0.3, -0.25) is 4.90 Å². The summed E-state index contributed by atoms with van der Waals surface area (Å²) in [4.78, 5) is 12.3. The Morgan fingerprint density at radius 1 is 1.39 bits per heavy atom. The third-order valence-electron chi connectivity index (χ3n) is 2.92. The lowest BCUT2D eigenvalue weighted by atomic mass is 9.98. The van der Waals surface area contributed by atoms with E-state index in [2.05, 4.69) is 0 Å². The Labute approximate surface area is 112 Å². The summed E-state index contributed by atoms with van der Waals surface area (Å²) in [5.74, 6) is 0. The lowest BCUT2D eigenvalue weighted by molar-refractivity contribution is -0.101. The molecule has 1 amide bonds. The molecule has 18 heavy (non-hydrogen) atoms. The van der Waals surface area contributed by atoms with Crippen molar-refractivity contribution in [2.75, 3.05) is 6.54 Å². The van der Waals surface area contributed by atoms with Gasteiger partial charge in [0.1, 0.15) is 0 Å². The summed E-state index contributed by atoms with van der Waals surface area (Å²) in [7, 11) is 0. The molecule has 0 bridgehead atoms. The van der Waals surface area contributed by atoms with Gasteiger partial charge >= 0.3 is 6.09 Å². The van der Waals surface area contributed by atoms with Crippen LogP contribution >= 0.6 is 11.6 Å². The van der Waals surface area contributed by atoms with Crippen LogP contribution in [0.3, 0.4) is 0 Å². The second-order valence-corrected chi connectivity index (χ2v) is 4.49. The van der Waals surface area contributed by atoms with Gasteiger partial charge in [0.2, 0.25) is 0 Å². The van der Waals surface area contributed by atoms with E-state index in [0.717, 1.165) is 4.90 Å². The molecule has 0 spiro atoms. The normalized spacial score (nSPS) is 14.0. The molecule has 1 atom stereocenters. The molecule has 5 heteroatoms. The van der Waals surface area contributed by atoms with E-state index in [1.807, 2.05) is 6.92 Å². The van der Waals surface area contributed by atoms with E-state index in [0.29, 0.717) is 17.0 Å². The number of aliphatic hydroxyl groups is 1. The topological polar surface area (TPSA) is 60.8 Å². The molecule has 0 aliphatic heterocycles. The standard InChI is InChI=1S/C13H18ClNO3/c1-3-9-15(12(16)17)13(18,4-2)10-7-5-6-8-11(10)14/h5-8,18H,3-4,9H2,1-2H3,(H,16,17). The second-order valence-electron chi connectivity index (χ2n) is 4.08. The molecule has 1 aromatic rings. The molecule has 0 saturated carbocycles. The molecule has 100 valence electrons. The van der Waals surface area contributed by atoms with Gasteiger partial charge in [0.25, 0.3) is 0 Å². The van der Waals surface area contributed by atoms with Crippen molar-refractivity contribution in [2.24, 2.45) is 0 Å². The predicted octanol–water partition coefficient (Wildman–Crippen LogP) is 3.29. The number of nitrogens with zero attached hydrogens (tertiary/aromatic N) is 1. The Kier molecular flexibility index (Phi) is 4.99. The number of hydrogen-bond acceptors (Lipinski definition) is 2.